The molecule has 2 aromatic heterocycles. The number of nitrogens with one attached hydrogen (secondary N) is 1. The number of hydrogen-bond acceptors (Lipinski definition) is 5. The molecule has 0 aliphatic heterocycles. The SMILES string of the molecule is O=C(N[C@@H](CCCCN(Cc1ccccc1)C(=O)O)C(=O)N(Cc1cccs1)Cc1cccs1)c1ccccc1. The molecule has 0 unspecified atom stereocenters. The molecule has 2 heterocycles. The Morgan fingerprint density at radius 1 is 0.725 bits per heavy atom. The molecule has 0 bridgehead atoms. The number of nitrogens with zero attached hydrogens (tertiary/aromatic N) is 2. The van der Waals surface area contributed by atoms with Crippen LogP contribution in [0.4, 0.5) is 4.79 Å². The second-order valence-electron chi connectivity index (χ2n) is 9.43. The van der Waals surface area contributed by atoms with Crippen molar-refractivity contribution in [1.29, 1.82) is 0 Å². The first-order valence-corrected chi connectivity index (χ1v) is 15.0. The fraction of sp³-hybridized carbons (Fsp3) is 0.258. The van der Waals surface area contributed by atoms with Gasteiger partial charge in [0.1, 0.15) is 6.04 Å². The summed E-state index contributed by atoms with van der Waals surface area (Å²) in [5.74, 6) is -0.451. The molecule has 40 heavy (non-hydrogen) atoms. The Hall–Kier alpha value is -3.95. The van der Waals surface area contributed by atoms with E-state index in [1.165, 1.54) is 4.90 Å². The number of rotatable bonds is 14. The molecule has 7 nitrogen and oxygen atoms in total. The molecule has 1 atom stereocenters. The highest BCUT2D eigenvalue weighted by molar-refractivity contribution is 7.10. The first-order chi connectivity index (χ1) is 19.5. The Morgan fingerprint density at radius 3 is 1.88 bits per heavy atom. The molecular formula is C31H33N3O4S2. The van der Waals surface area contributed by atoms with E-state index in [2.05, 4.69) is 5.32 Å². The monoisotopic (exact) mass is 575 g/mol. The summed E-state index contributed by atoms with van der Waals surface area (Å²) in [6.45, 7) is 1.55. The summed E-state index contributed by atoms with van der Waals surface area (Å²) in [5.41, 5.74) is 1.41. The number of amides is 3. The van der Waals surface area contributed by atoms with Crippen molar-refractivity contribution in [3.8, 4) is 0 Å². The lowest BCUT2D eigenvalue weighted by molar-refractivity contribution is -0.134. The van der Waals surface area contributed by atoms with Crippen LogP contribution in [-0.4, -0.2) is 45.4 Å². The second-order valence-corrected chi connectivity index (χ2v) is 11.5. The van der Waals surface area contributed by atoms with Gasteiger partial charge in [-0.15, -0.1) is 22.7 Å². The van der Waals surface area contributed by atoms with Crippen LogP contribution < -0.4 is 5.32 Å². The van der Waals surface area contributed by atoms with E-state index in [-0.39, 0.29) is 11.8 Å². The smallest absolute Gasteiger partial charge is 0.407 e. The minimum Gasteiger partial charge on any atom is -0.465 e. The Bertz CT molecular complexity index is 1290. The Morgan fingerprint density at radius 2 is 1.32 bits per heavy atom. The largest absolute Gasteiger partial charge is 0.465 e. The van der Waals surface area contributed by atoms with Gasteiger partial charge in [-0.05, 0) is 59.9 Å². The van der Waals surface area contributed by atoms with Crippen molar-refractivity contribution in [3.05, 3.63) is 117 Å². The summed E-state index contributed by atoms with van der Waals surface area (Å²) in [4.78, 5) is 44.2. The lowest BCUT2D eigenvalue weighted by atomic mass is 10.1. The molecular weight excluding hydrogens is 542 g/mol. The Labute approximate surface area is 242 Å². The molecule has 0 radical (unpaired) electrons. The van der Waals surface area contributed by atoms with Crippen molar-refractivity contribution in [2.24, 2.45) is 0 Å². The highest BCUT2D eigenvalue weighted by atomic mass is 32.1. The maximum Gasteiger partial charge on any atom is 0.407 e. The third-order valence-corrected chi connectivity index (χ3v) is 8.18. The molecule has 4 rings (SSSR count). The van der Waals surface area contributed by atoms with E-state index >= 15 is 0 Å². The third-order valence-electron chi connectivity index (χ3n) is 6.46. The zero-order chi connectivity index (χ0) is 28.2. The van der Waals surface area contributed by atoms with Crippen LogP contribution in [0.25, 0.3) is 0 Å². The van der Waals surface area contributed by atoms with Crippen molar-refractivity contribution in [2.45, 2.75) is 44.9 Å². The van der Waals surface area contributed by atoms with Crippen molar-refractivity contribution >= 4 is 40.6 Å². The van der Waals surface area contributed by atoms with Crippen LogP contribution in [0.15, 0.2) is 95.7 Å². The third kappa shape index (κ3) is 8.79. The van der Waals surface area contributed by atoms with Gasteiger partial charge in [-0.1, -0.05) is 60.7 Å². The lowest BCUT2D eigenvalue weighted by Crippen LogP contribution is -2.48. The van der Waals surface area contributed by atoms with Crippen LogP contribution in [-0.2, 0) is 24.4 Å². The van der Waals surface area contributed by atoms with E-state index < -0.39 is 12.1 Å². The minimum absolute atomic E-state index is 0.148. The maximum absolute atomic E-state index is 14.0. The van der Waals surface area contributed by atoms with E-state index in [9.17, 15) is 19.5 Å². The highest BCUT2D eigenvalue weighted by Crippen LogP contribution is 2.20. The molecule has 0 aliphatic carbocycles. The predicted octanol–water partition coefficient (Wildman–Crippen LogP) is 6.49. The van der Waals surface area contributed by atoms with Crippen molar-refractivity contribution in [3.63, 3.8) is 0 Å². The molecule has 4 aromatic rings. The number of thiophene rings is 2. The fourth-order valence-electron chi connectivity index (χ4n) is 4.40. The van der Waals surface area contributed by atoms with Crippen LogP contribution in [0.3, 0.4) is 0 Å². The van der Waals surface area contributed by atoms with E-state index in [4.69, 9.17) is 0 Å². The molecule has 0 aliphatic rings. The highest BCUT2D eigenvalue weighted by Gasteiger charge is 2.27. The molecule has 3 amide bonds. The van der Waals surface area contributed by atoms with Crippen molar-refractivity contribution in [1.82, 2.24) is 15.1 Å². The van der Waals surface area contributed by atoms with Crippen LogP contribution in [0, 0.1) is 0 Å². The Balaban J connectivity index is 1.45. The zero-order valence-electron chi connectivity index (χ0n) is 22.1. The molecule has 208 valence electrons. The minimum atomic E-state index is -0.980. The number of unbranched alkanes of at least 4 members (excludes halogenated alkanes) is 1. The topological polar surface area (TPSA) is 90.0 Å². The van der Waals surface area contributed by atoms with Crippen molar-refractivity contribution < 1.29 is 19.5 Å². The lowest BCUT2D eigenvalue weighted by Gasteiger charge is -2.28. The summed E-state index contributed by atoms with van der Waals surface area (Å²) in [6.07, 6.45) is 0.573. The summed E-state index contributed by atoms with van der Waals surface area (Å²) < 4.78 is 0. The van der Waals surface area contributed by atoms with Gasteiger partial charge >= 0.3 is 6.09 Å². The van der Waals surface area contributed by atoms with Gasteiger partial charge in [0.2, 0.25) is 5.91 Å². The van der Waals surface area contributed by atoms with Gasteiger partial charge in [0.25, 0.3) is 5.91 Å². The maximum atomic E-state index is 14.0. The second kappa shape index (κ2) is 15.0. The van der Waals surface area contributed by atoms with E-state index in [0.29, 0.717) is 51.0 Å². The van der Waals surface area contributed by atoms with E-state index in [1.54, 1.807) is 51.8 Å². The van der Waals surface area contributed by atoms with E-state index in [0.717, 1.165) is 15.3 Å². The number of carbonyl (C=O) groups excluding carboxylic acids is 2. The van der Waals surface area contributed by atoms with Gasteiger partial charge in [-0.2, -0.15) is 0 Å². The van der Waals surface area contributed by atoms with Crippen LogP contribution in [0.1, 0.15) is 44.9 Å². The predicted molar refractivity (Wildman–Crippen MR) is 159 cm³/mol. The fourth-order valence-corrected chi connectivity index (χ4v) is 5.84. The average Bonchev–Trinajstić information content (AvgIpc) is 3.69. The first kappa shape index (κ1) is 29.0. The molecule has 0 fully saturated rings. The summed E-state index contributed by atoms with van der Waals surface area (Å²) in [7, 11) is 0. The Kier molecular flexibility index (Phi) is 10.9. The zero-order valence-corrected chi connectivity index (χ0v) is 23.8. The average molecular weight is 576 g/mol. The van der Waals surface area contributed by atoms with Gasteiger partial charge in [-0.25, -0.2) is 4.79 Å². The van der Waals surface area contributed by atoms with E-state index in [1.807, 2.05) is 71.4 Å². The number of carboxylic acid groups (broad SMARTS) is 1. The normalized spacial score (nSPS) is 11.5. The van der Waals surface area contributed by atoms with Crippen LogP contribution in [0.2, 0.25) is 0 Å². The number of carbonyl (C=O) groups is 3. The molecule has 2 N–H and O–H groups in total. The molecule has 2 aromatic carbocycles. The standard InChI is InChI=1S/C31H33N3O4S2/c35-29(25-13-5-2-6-14-25)32-28(17-7-8-18-33(31(37)38)21-24-11-3-1-4-12-24)30(36)34(22-26-15-9-19-39-26)23-27-16-10-20-40-27/h1-6,9-16,19-20,28H,7-8,17-18,21-23H2,(H,32,35)(H,37,38)/t28-/m0/s1. The number of hydrogen-bond donors (Lipinski definition) is 2. The molecule has 0 saturated carbocycles. The number of benzene rings is 2. The summed E-state index contributed by atoms with van der Waals surface area (Å²) in [5, 5.41) is 16.6. The van der Waals surface area contributed by atoms with Gasteiger partial charge in [-0.3, -0.25) is 9.59 Å². The quantitative estimate of drug-likeness (QED) is 0.168. The van der Waals surface area contributed by atoms with Crippen LogP contribution in [0.5, 0.6) is 0 Å². The summed E-state index contributed by atoms with van der Waals surface area (Å²) >= 11 is 3.19. The van der Waals surface area contributed by atoms with Crippen molar-refractivity contribution in [2.75, 3.05) is 6.54 Å². The van der Waals surface area contributed by atoms with Crippen LogP contribution >= 0.6 is 22.7 Å². The summed E-state index contributed by atoms with van der Waals surface area (Å²) in [6, 6.07) is 25.5. The molecule has 0 spiro atoms. The molecule has 0 saturated heterocycles. The van der Waals surface area contributed by atoms with Gasteiger partial charge in [0, 0.05) is 28.4 Å². The van der Waals surface area contributed by atoms with Gasteiger partial charge < -0.3 is 20.2 Å². The molecule has 9 heteroatoms. The first-order valence-electron chi connectivity index (χ1n) is 13.2. The van der Waals surface area contributed by atoms with Gasteiger partial charge in [0.05, 0.1) is 13.1 Å². The van der Waals surface area contributed by atoms with Gasteiger partial charge in [0.15, 0.2) is 0 Å².